The van der Waals surface area contributed by atoms with E-state index in [-0.39, 0.29) is 0 Å². The van der Waals surface area contributed by atoms with Gasteiger partial charge >= 0.3 is 0 Å². The number of fused-ring (bicyclic) bond motifs is 3. The number of nitrogens with zero attached hydrogens (tertiary/aromatic N) is 3. The van der Waals surface area contributed by atoms with Gasteiger partial charge in [-0.25, -0.2) is 4.98 Å². The van der Waals surface area contributed by atoms with Crippen LogP contribution >= 0.6 is 0 Å². The van der Waals surface area contributed by atoms with Crippen molar-refractivity contribution in [1.82, 2.24) is 14.9 Å². The number of oxazole rings is 1. The van der Waals surface area contributed by atoms with Gasteiger partial charge < -0.3 is 4.42 Å². The molecule has 47 heavy (non-hydrogen) atoms. The van der Waals surface area contributed by atoms with E-state index in [2.05, 4.69) is 141 Å². The first-order valence-electron chi connectivity index (χ1n) is 17.4. The largest absolute Gasteiger partial charge is 0.441 e. The molecule has 0 N–H and O–H groups in total. The van der Waals surface area contributed by atoms with Crippen LogP contribution in [0.3, 0.4) is 0 Å². The standard InChI is InChI=1S/C18H21N.C13H15N.C12H15NO/c1-2-15-8-9-18-14-19(11-10-17(18)12-15)13-16-6-4-3-5-7-16;1-9(2)11-4-5-12-10(3)6-7-14-13(12)8-11;1-4-12-13-10-7-9(8(2)3)5-6-11(10)14-12/h3-9,12H,2,10-11,13-14H2,1H3;4-9H,1-3H3;5-8H,4H2,1-3H3. The van der Waals surface area contributed by atoms with Crippen molar-refractivity contribution >= 4 is 22.0 Å². The molecule has 4 heteroatoms. The van der Waals surface area contributed by atoms with Crippen molar-refractivity contribution in [3.8, 4) is 0 Å². The Morgan fingerprint density at radius 2 is 1.45 bits per heavy atom. The molecule has 0 aliphatic carbocycles. The van der Waals surface area contributed by atoms with Crippen molar-refractivity contribution in [3.05, 3.63) is 142 Å². The van der Waals surface area contributed by atoms with Gasteiger partial charge in [0, 0.05) is 37.6 Å². The first-order valence-corrected chi connectivity index (χ1v) is 17.4. The lowest BCUT2D eigenvalue weighted by Crippen LogP contribution is -2.30. The molecule has 1 aliphatic heterocycles. The van der Waals surface area contributed by atoms with Gasteiger partial charge in [0.15, 0.2) is 11.5 Å². The quantitative estimate of drug-likeness (QED) is 0.185. The summed E-state index contributed by atoms with van der Waals surface area (Å²) in [5.41, 5.74) is 12.9. The topological polar surface area (TPSA) is 42.2 Å². The molecule has 0 unspecified atom stereocenters. The summed E-state index contributed by atoms with van der Waals surface area (Å²) >= 11 is 0. The third-order valence-electron chi connectivity index (χ3n) is 9.10. The van der Waals surface area contributed by atoms with Crippen LogP contribution in [0.15, 0.2) is 102 Å². The van der Waals surface area contributed by atoms with Gasteiger partial charge in [-0.15, -0.1) is 0 Å². The molecule has 0 radical (unpaired) electrons. The minimum absolute atomic E-state index is 0.543. The summed E-state index contributed by atoms with van der Waals surface area (Å²) in [4.78, 5) is 11.3. The molecular weight excluding hydrogens is 574 g/mol. The highest BCUT2D eigenvalue weighted by Gasteiger charge is 2.16. The van der Waals surface area contributed by atoms with Crippen LogP contribution in [0.25, 0.3) is 22.0 Å². The van der Waals surface area contributed by atoms with E-state index < -0.39 is 0 Å². The SMILES string of the molecule is CCc1ccc2c(c1)CCN(Cc1ccccc1)C2.CCc1nc2cc(C(C)C)ccc2o1.Cc1ccnc2cc(C(C)C)ccc12. The molecule has 0 amide bonds. The summed E-state index contributed by atoms with van der Waals surface area (Å²) in [7, 11) is 0. The molecule has 1 aliphatic rings. The lowest BCUT2D eigenvalue weighted by atomic mass is 9.96. The maximum Gasteiger partial charge on any atom is 0.195 e. The molecule has 4 aromatic carbocycles. The highest BCUT2D eigenvalue weighted by molar-refractivity contribution is 5.82. The zero-order chi connectivity index (χ0) is 33.3. The Morgan fingerprint density at radius 1 is 0.723 bits per heavy atom. The molecule has 244 valence electrons. The number of hydrogen-bond donors (Lipinski definition) is 0. The molecule has 4 nitrogen and oxygen atoms in total. The molecule has 7 rings (SSSR count). The summed E-state index contributed by atoms with van der Waals surface area (Å²) in [5, 5.41) is 1.26. The second-order valence-electron chi connectivity index (χ2n) is 13.3. The average Bonchev–Trinajstić information content (AvgIpc) is 3.52. The van der Waals surface area contributed by atoms with E-state index in [0.29, 0.717) is 11.8 Å². The third kappa shape index (κ3) is 8.96. The molecule has 0 spiro atoms. The van der Waals surface area contributed by atoms with Crippen LogP contribution in [0.4, 0.5) is 0 Å². The Bertz CT molecular complexity index is 1890. The van der Waals surface area contributed by atoms with E-state index in [1.54, 1.807) is 5.56 Å². The van der Waals surface area contributed by atoms with Crippen LogP contribution in [0, 0.1) is 6.92 Å². The van der Waals surface area contributed by atoms with Crippen molar-refractivity contribution in [1.29, 1.82) is 0 Å². The van der Waals surface area contributed by atoms with Crippen molar-refractivity contribution in [2.75, 3.05) is 6.54 Å². The van der Waals surface area contributed by atoms with Crippen LogP contribution in [0.5, 0.6) is 0 Å². The lowest BCUT2D eigenvalue weighted by molar-refractivity contribution is 0.245. The number of benzene rings is 4. The van der Waals surface area contributed by atoms with Gasteiger partial charge in [-0.1, -0.05) is 108 Å². The summed E-state index contributed by atoms with van der Waals surface area (Å²) in [6.45, 7) is 18.5. The Morgan fingerprint density at radius 3 is 2.15 bits per heavy atom. The van der Waals surface area contributed by atoms with E-state index in [4.69, 9.17) is 4.42 Å². The van der Waals surface area contributed by atoms with Crippen LogP contribution < -0.4 is 0 Å². The lowest BCUT2D eigenvalue weighted by Gasteiger charge is -2.29. The van der Waals surface area contributed by atoms with Gasteiger partial charge in [-0.2, -0.15) is 0 Å². The normalized spacial score (nSPS) is 12.9. The van der Waals surface area contributed by atoms with Crippen LogP contribution in [-0.2, 0) is 32.4 Å². The van der Waals surface area contributed by atoms with Crippen LogP contribution in [0.1, 0.15) is 98.2 Å². The minimum Gasteiger partial charge on any atom is -0.441 e. The Balaban J connectivity index is 0.000000141. The zero-order valence-corrected chi connectivity index (χ0v) is 29.4. The van der Waals surface area contributed by atoms with Crippen molar-refractivity contribution in [3.63, 3.8) is 0 Å². The number of aryl methyl sites for hydroxylation is 3. The monoisotopic (exact) mass is 625 g/mol. The molecule has 0 bridgehead atoms. The molecule has 0 atom stereocenters. The van der Waals surface area contributed by atoms with Gasteiger partial charge in [0.25, 0.3) is 0 Å². The molecule has 0 saturated carbocycles. The van der Waals surface area contributed by atoms with E-state index in [0.717, 1.165) is 48.4 Å². The van der Waals surface area contributed by atoms with Crippen molar-refractivity contribution < 1.29 is 4.42 Å². The second kappa shape index (κ2) is 16.0. The fraction of sp³-hybridized carbons (Fsp3) is 0.349. The number of aromatic nitrogens is 2. The van der Waals surface area contributed by atoms with Gasteiger partial charge in [0.2, 0.25) is 0 Å². The Hall–Kier alpha value is -4.28. The maximum absolute atomic E-state index is 5.54. The third-order valence-corrected chi connectivity index (χ3v) is 9.10. The molecule has 3 heterocycles. The van der Waals surface area contributed by atoms with E-state index >= 15 is 0 Å². The first-order chi connectivity index (χ1) is 22.7. The summed E-state index contributed by atoms with van der Waals surface area (Å²) in [5.74, 6) is 1.93. The van der Waals surface area contributed by atoms with Crippen molar-refractivity contribution in [2.45, 2.75) is 92.7 Å². The Kier molecular flexibility index (Phi) is 11.6. The highest BCUT2D eigenvalue weighted by Crippen LogP contribution is 2.24. The maximum atomic E-state index is 5.54. The first kappa shape index (κ1) is 34.1. The average molecular weight is 626 g/mol. The summed E-state index contributed by atoms with van der Waals surface area (Å²) in [6, 6.07) is 32.6. The fourth-order valence-electron chi connectivity index (χ4n) is 6.03. The van der Waals surface area contributed by atoms with E-state index in [1.807, 2.05) is 19.2 Å². The smallest absolute Gasteiger partial charge is 0.195 e. The fourth-order valence-corrected chi connectivity index (χ4v) is 6.03. The van der Waals surface area contributed by atoms with Gasteiger partial charge in [0.1, 0.15) is 5.52 Å². The van der Waals surface area contributed by atoms with Gasteiger partial charge in [-0.05, 0) is 94.8 Å². The predicted molar refractivity (Wildman–Crippen MR) is 198 cm³/mol. The van der Waals surface area contributed by atoms with Gasteiger partial charge in [-0.3, -0.25) is 9.88 Å². The second-order valence-corrected chi connectivity index (χ2v) is 13.3. The molecule has 0 fully saturated rings. The molecule has 2 aromatic heterocycles. The van der Waals surface area contributed by atoms with E-state index in [9.17, 15) is 0 Å². The zero-order valence-electron chi connectivity index (χ0n) is 29.4. The Labute approximate surface area is 281 Å². The van der Waals surface area contributed by atoms with Gasteiger partial charge in [0.05, 0.1) is 5.52 Å². The molecule has 0 saturated heterocycles. The van der Waals surface area contributed by atoms with Crippen molar-refractivity contribution in [2.24, 2.45) is 0 Å². The minimum atomic E-state index is 0.543. The highest BCUT2D eigenvalue weighted by atomic mass is 16.3. The molecular formula is C43H51N3O. The predicted octanol–water partition coefficient (Wildman–Crippen LogP) is 11.0. The molecule has 6 aromatic rings. The van der Waals surface area contributed by atoms with E-state index in [1.165, 1.54) is 51.7 Å². The number of rotatable bonds is 6. The van der Waals surface area contributed by atoms with Crippen LogP contribution in [0.2, 0.25) is 0 Å². The summed E-state index contributed by atoms with van der Waals surface area (Å²) in [6.07, 6.45) is 5.06. The number of hydrogen-bond acceptors (Lipinski definition) is 4. The number of pyridine rings is 1. The summed E-state index contributed by atoms with van der Waals surface area (Å²) < 4.78 is 5.54. The van der Waals surface area contributed by atoms with Crippen LogP contribution in [-0.4, -0.2) is 21.4 Å².